The molecule has 0 saturated carbocycles. The third-order valence-corrected chi connectivity index (χ3v) is 2.92. The van der Waals surface area contributed by atoms with Crippen LogP contribution >= 0.6 is 0 Å². The highest BCUT2D eigenvalue weighted by Gasteiger charge is 2.38. The first kappa shape index (κ1) is 11.2. The minimum atomic E-state index is -0.829. The predicted molar refractivity (Wildman–Crippen MR) is 56.8 cm³/mol. The van der Waals surface area contributed by atoms with Crippen molar-refractivity contribution in [3.8, 4) is 0 Å². The van der Waals surface area contributed by atoms with E-state index in [9.17, 15) is 4.79 Å². The third kappa shape index (κ3) is 1.98. The van der Waals surface area contributed by atoms with Crippen molar-refractivity contribution in [2.24, 2.45) is 5.73 Å². The number of ketones is 1. The van der Waals surface area contributed by atoms with Gasteiger partial charge in [0.15, 0.2) is 5.78 Å². The normalized spacial score (nSPS) is 24.9. The zero-order valence-corrected chi connectivity index (χ0v) is 9.35. The van der Waals surface area contributed by atoms with E-state index < -0.39 is 5.54 Å². The van der Waals surface area contributed by atoms with Crippen LogP contribution in [0.15, 0.2) is 6.33 Å². The van der Waals surface area contributed by atoms with Gasteiger partial charge in [-0.2, -0.15) is 5.10 Å². The van der Waals surface area contributed by atoms with Gasteiger partial charge in [-0.05, 0) is 13.3 Å². The molecule has 1 atom stereocenters. The van der Waals surface area contributed by atoms with Crippen LogP contribution in [0.4, 0.5) is 0 Å². The van der Waals surface area contributed by atoms with E-state index in [-0.39, 0.29) is 12.2 Å². The number of Topliss-reactive ketones (excluding diaryl/α,β-unsaturated/α-hetero) is 1. The SMILES string of the molecule is CCn1ncnc1CC(=O)C1(N)CCOC1. The summed E-state index contributed by atoms with van der Waals surface area (Å²) in [4.78, 5) is 16.1. The van der Waals surface area contributed by atoms with Gasteiger partial charge in [-0.1, -0.05) is 0 Å². The van der Waals surface area contributed by atoms with E-state index in [1.165, 1.54) is 6.33 Å². The standard InChI is InChI=1S/C10H16N4O2/c1-2-14-9(12-7-13-14)5-8(15)10(11)3-4-16-6-10/h7H,2-6,11H2,1H3. The molecule has 0 bridgehead atoms. The smallest absolute Gasteiger partial charge is 0.162 e. The van der Waals surface area contributed by atoms with Gasteiger partial charge in [-0.25, -0.2) is 9.67 Å². The van der Waals surface area contributed by atoms with Crippen LogP contribution in [-0.2, 0) is 22.5 Å². The number of nitrogens with two attached hydrogens (primary N) is 1. The van der Waals surface area contributed by atoms with Crippen molar-refractivity contribution < 1.29 is 9.53 Å². The third-order valence-electron chi connectivity index (χ3n) is 2.92. The molecule has 1 saturated heterocycles. The molecule has 1 aromatic rings. The molecule has 0 spiro atoms. The van der Waals surface area contributed by atoms with Crippen molar-refractivity contribution in [2.75, 3.05) is 13.2 Å². The Morgan fingerprint density at radius 2 is 2.56 bits per heavy atom. The summed E-state index contributed by atoms with van der Waals surface area (Å²) in [5.74, 6) is 0.650. The molecule has 6 nitrogen and oxygen atoms in total. The van der Waals surface area contributed by atoms with Crippen molar-refractivity contribution in [1.29, 1.82) is 0 Å². The van der Waals surface area contributed by atoms with Gasteiger partial charge in [0, 0.05) is 13.2 Å². The average molecular weight is 224 g/mol. The number of rotatable bonds is 4. The molecule has 2 rings (SSSR count). The molecule has 2 heterocycles. The van der Waals surface area contributed by atoms with Crippen LogP contribution in [0.5, 0.6) is 0 Å². The second-order valence-corrected chi connectivity index (χ2v) is 4.05. The highest BCUT2D eigenvalue weighted by Crippen LogP contribution is 2.18. The highest BCUT2D eigenvalue weighted by molar-refractivity contribution is 5.89. The van der Waals surface area contributed by atoms with Crippen molar-refractivity contribution in [1.82, 2.24) is 14.8 Å². The van der Waals surface area contributed by atoms with Crippen LogP contribution in [0, 0.1) is 0 Å². The summed E-state index contributed by atoms with van der Waals surface area (Å²) in [5.41, 5.74) is 5.15. The quantitative estimate of drug-likeness (QED) is 0.747. The molecule has 1 aromatic heterocycles. The van der Waals surface area contributed by atoms with Gasteiger partial charge in [0.05, 0.1) is 13.0 Å². The zero-order valence-electron chi connectivity index (χ0n) is 9.35. The number of ether oxygens (including phenoxy) is 1. The lowest BCUT2D eigenvalue weighted by atomic mass is 9.92. The molecule has 1 unspecified atom stereocenters. The van der Waals surface area contributed by atoms with Crippen LogP contribution < -0.4 is 5.73 Å². The van der Waals surface area contributed by atoms with Crippen LogP contribution in [0.25, 0.3) is 0 Å². The Hall–Kier alpha value is -1.27. The van der Waals surface area contributed by atoms with Gasteiger partial charge >= 0.3 is 0 Å². The maximum atomic E-state index is 12.0. The number of nitrogens with zero attached hydrogens (tertiary/aromatic N) is 3. The molecule has 0 amide bonds. The van der Waals surface area contributed by atoms with E-state index in [4.69, 9.17) is 10.5 Å². The fraction of sp³-hybridized carbons (Fsp3) is 0.700. The van der Waals surface area contributed by atoms with Crippen LogP contribution in [0.2, 0.25) is 0 Å². The molecular formula is C10H16N4O2. The topological polar surface area (TPSA) is 83.0 Å². The fourth-order valence-corrected chi connectivity index (χ4v) is 1.81. The first-order valence-electron chi connectivity index (χ1n) is 5.42. The van der Waals surface area contributed by atoms with Crippen molar-refractivity contribution >= 4 is 5.78 Å². The minimum absolute atomic E-state index is 0.0206. The summed E-state index contributed by atoms with van der Waals surface area (Å²) >= 11 is 0. The number of hydrogen-bond donors (Lipinski definition) is 1. The van der Waals surface area contributed by atoms with E-state index in [0.29, 0.717) is 32.0 Å². The number of aromatic nitrogens is 3. The molecular weight excluding hydrogens is 208 g/mol. The summed E-state index contributed by atoms with van der Waals surface area (Å²) < 4.78 is 6.87. The molecule has 88 valence electrons. The van der Waals surface area contributed by atoms with E-state index in [0.717, 1.165) is 0 Å². The second kappa shape index (κ2) is 4.31. The maximum Gasteiger partial charge on any atom is 0.162 e. The Labute approximate surface area is 93.8 Å². The summed E-state index contributed by atoms with van der Waals surface area (Å²) in [6.07, 6.45) is 2.28. The van der Waals surface area contributed by atoms with Gasteiger partial charge in [-0.3, -0.25) is 4.79 Å². The lowest BCUT2D eigenvalue weighted by molar-refractivity contribution is -0.123. The number of hydrogen-bond acceptors (Lipinski definition) is 5. The van der Waals surface area contributed by atoms with Gasteiger partial charge in [0.25, 0.3) is 0 Å². The first-order valence-corrected chi connectivity index (χ1v) is 5.42. The molecule has 2 N–H and O–H groups in total. The monoisotopic (exact) mass is 224 g/mol. The Bertz CT molecular complexity index is 382. The summed E-state index contributed by atoms with van der Waals surface area (Å²) in [7, 11) is 0. The molecule has 16 heavy (non-hydrogen) atoms. The van der Waals surface area contributed by atoms with Gasteiger partial charge in [-0.15, -0.1) is 0 Å². The maximum absolute atomic E-state index is 12.0. The van der Waals surface area contributed by atoms with Crippen LogP contribution in [-0.4, -0.2) is 39.3 Å². The van der Waals surface area contributed by atoms with Crippen molar-refractivity contribution in [3.63, 3.8) is 0 Å². The Morgan fingerprint density at radius 1 is 1.75 bits per heavy atom. The summed E-state index contributed by atoms with van der Waals surface area (Å²) in [5, 5.41) is 4.02. The van der Waals surface area contributed by atoms with Gasteiger partial charge in [0.1, 0.15) is 17.7 Å². The molecule has 6 heteroatoms. The van der Waals surface area contributed by atoms with E-state index in [2.05, 4.69) is 10.1 Å². The van der Waals surface area contributed by atoms with E-state index >= 15 is 0 Å². The summed E-state index contributed by atoms with van der Waals surface area (Å²) in [6, 6.07) is 0. The zero-order chi connectivity index (χ0) is 11.6. The van der Waals surface area contributed by atoms with Crippen LogP contribution in [0.1, 0.15) is 19.2 Å². The predicted octanol–water partition coefficient (Wildman–Crippen LogP) is -0.473. The lowest BCUT2D eigenvalue weighted by Gasteiger charge is -2.19. The van der Waals surface area contributed by atoms with Crippen molar-refractivity contribution in [2.45, 2.75) is 31.8 Å². The Kier molecular flexibility index (Phi) is 3.02. The number of carbonyl (C=O) groups excluding carboxylic acids is 1. The molecule has 1 aliphatic rings. The van der Waals surface area contributed by atoms with Gasteiger partial charge in [0.2, 0.25) is 0 Å². The van der Waals surface area contributed by atoms with E-state index in [1.807, 2.05) is 6.92 Å². The largest absolute Gasteiger partial charge is 0.379 e. The molecule has 1 aliphatic heterocycles. The number of carbonyl (C=O) groups is 1. The molecule has 0 radical (unpaired) electrons. The van der Waals surface area contributed by atoms with E-state index in [1.54, 1.807) is 4.68 Å². The fourth-order valence-electron chi connectivity index (χ4n) is 1.81. The summed E-state index contributed by atoms with van der Waals surface area (Å²) in [6.45, 7) is 3.53. The van der Waals surface area contributed by atoms with Crippen LogP contribution in [0.3, 0.4) is 0 Å². The minimum Gasteiger partial charge on any atom is -0.379 e. The molecule has 0 aliphatic carbocycles. The Morgan fingerprint density at radius 3 is 3.19 bits per heavy atom. The first-order chi connectivity index (χ1) is 7.65. The average Bonchev–Trinajstić information content (AvgIpc) is 2.87. The second-order valence-electron chi connectivity index (χ2n) is 4.05. The lowest BCUT2D eigenvalue weighted by Crippen LogP contribution is -2.49. The highest BCUT2D eigenvalue weighted by atomic mass is 16.5. The Balaban J connectivity index is 2.07. The number of aryl methyl sites for hydroxylation is 1. The molecule has 0 aromatic carbocycles. The van der Waals surface area contributed by atoms with Crippen molar-refractivity contribution in [3.05, 3.63) is 12.2 Å². The molecule has 1 fully saturated rings. The van der Waals surface area contributed by atoms with Gasteiger partial charge < -0.3 is 10.5 Å².